The Morgan fingerprint density at radius 1 is 1.44 bits per heavy atom. The first kappa shape index (κ1) is 10.5. The van der Waals surface area contributed by atoms with Crippen molar-refractivity contribution in [2.75, 3.05) is 11.1 Å². The summed E-state index contributed by atoms with van der Waals surface area (Å²) in [4.78, 5) is 11.7. The summed E-state index contributed by atoms with van der Waals surface area (Å²) in [6.07, 6.45) is 0. The number of aromatic nitrogens is 2. The zero-order chi connectivity index (χ0) is 11.5. The standard InChI is InChI=1S/C10H9ClN4O/c11-6-3-1-2-4-7(6)13-10(16)8-5-9(12)15-14-8/h1-5H,(H,13,16)(H3,12,14,15). The number of para-hydroxylation sites is 1. The van der Waals surface area contributed by atoms with E-state index in [-0.39, 0.29) is 17.4 Å². The molecule has 82 valence electrons. The SMILES string of the molecule is Nc1cc(C(=O)Nc2ccccc2Cl)[nH]n1. The number of hydrogen-bond donors (Lipinski definition) is 3. The van der Waals surface area contributed by atoms with Crippen molar-refractivity contribution in [2.45, 2.75) is 0 Å². The van der Waals surface area contributed by atoms with E-state index in [0.29, 0.717) is 10.7 Å². The predicted octanol–water partition coefficient (Wildman–Crippen LogP) is 1.90. The normalized spacial score (nSPS) is 10.1. The van der Waals surface area contributed by atoms with Gasteiger partial charge in [-0.05, 0) is 12.1 Å². The minimum absolute atomic E-state index is 0.268. The number of nitrogens with two attached hydrogens (primary N) is 1. The van der Waals surface area contributed by atoms with Crippen molar-refractivity contribution in [3.63, 3.8) is 0 Å². The van der Waals surface area contributed by atoms with Crippen molar-refractivity contribution >= 4 is 29.0 Å². The number of H-pyrrole nitrogens is 1. The van der Waals surface area contributed by atoms with Crippen molar-refractivity contribution in [1.82, 2.24) is 10.2 Å². The minimum atomic E-state index is -0.336. The highest BCUT2D eigenvalue weighted by molar-refractivity contribution is 6.33. The summed E-state index contributed by atoms with van der Waals surface area (Å²) in [6.45, 7) is 0. The van der Waals surface area contributed by atoms with Crippen LogP contribution in [-0.4, -0.2) is 16.1 Å². The lowest BCUT2D eigenvalue weighted by Gasteiger charge is -2.04. The fraction of sp³-hybridized carbons (Fsp3) is 0. The number of halogens is 1. The van der Waals surface area contributed by atoms with Crippen LogP contribution in [0.25, 0.3) is 0 Å². The Labute approximate surface area is 96.6 Å². The Morgan fingerprint density at radius 2 is 2.19 bits per heavy atom. The molecular formula is C10H9ClN4O. The lowest BCUT2D eigenvalue weighted by atomic mass is 10.3. The summed E-state index contributed by atoms with van der Waals surface area (Å²) >= 11 is 5.90. The molecule has 16 heavy (non-hydrogen) atoms. The van der Waals surface area contributed by atoms with E-state index in [0.717, 1.165) is 0 Å². The molecule has 0 aliphatic heterocycles. The first-order valence-corrected chi connectivity index (χ1v) is 4.91. The lowest BCUT2D eigenvalue weighted by Crippen LogP contribution is -2.12. The zero-order valence-corrected chi connectivity index (χ0v) is 8.95. The van der Waals surface area contributed by atoms with Gasteiger partial charge in [0, 0.05) is 6.07 Å². The number of benzene rings is 1. The second-order valence-electron chi connectivity index (χ2n) is 3.14. The molecule has 1 aromatic heterocycles. The van der Waals surface area contributed by atoms with Crippen LogP contribution < -0.4 is 11.1 Å². The van der Waals surface area contributed by atoms with Gasteiger partial charge in [0.05, 0.1) is 10.7 Å². The molecule has 0 aliphatic rings. The van der Waals surface area contributed by atoms with Crippen molar-refractivity contribution in [3.8, 4) is 0 Å². The molecule has 0 fully saturated rings. The molecule has 2 aromatic rings. The van der Waals surface area contributed by atoms with E-state index in [1.54, 1.807) is 24.3 Å². The van der Waals surface area contributed by atoms with Gasteiger partial charge >= 0.3 is 0 Å². The average molecular weight is 237 g/mol. The van der Waals surface area contributed by atoms with Crippen LogP contribution in [-0.2, 0) is 0 Å². The van der Waals surface area contributed by atoms with E-state index in [1.165, 1.54) is 6.07 Å². The van der Waals surface area contributed by atoms with Crippen LogP contribution in [0.5, 0.6) is 0 Å². The Hall–Kier alpha value is -2.01. The molecule has 5 nitrogen and oxygen atoms in total. The molecule has 0 radical (unpaired) electrons. The van der Waals surface area contributed by atoms with Gasteiger partial charge in [0.1, 0.15) is 11.5 Å². The first-order chi connectivity index (χ1) is 7.66. The summed E-state index contributed by atoms with van der Waals surface area (Å²) in [7, 11) is 0. The molecule has 0 saturated heterocycles. The number of nitrogens with one attached hydrogen (secondary N) is 2. The number of carbonyl (C=O) groups excluding carboxylic acids is 1. The first-order valence-electron chi connectivity index (χ1n) is 4.53. The highest BCUT2D eigenvalue weighted by Gasteiger charge is 2.10. The van der Waals surface area contributed by atoms with Crippen molar-refractivity contribution < 1.29 is 4.79 Å². The van der Waals surface area contributed by atoms with Gasteiger partial charge in [0.25, 0.3) is 5.91 Å². The fourth-order valence-electron chi connectivity index (χ4n) is 1.21. The van der Waals surface area contributed by atoms with Crippen LogP contribution in [0.4, 0.5) is 11.5 Å². The van der Waals surface area contributed by atoms with Crippen molar-refractivity contribution in [2.24, 2.45) is 0 Å². The van der Waals surface area contributed by atoms with Crippen molar-refractivity contribution in [3.05, 3.63) is 41.0 Å². The molecule has 0 aliphatic carbocycles. The molecule has 0 unspecified atom stereocenters. The topological polar surface area (TPSA) is 83.8 Å². The van der Waals surface area contributed by atoms with E-state index in [1.807, 2.05) is 0 Å². The summed E-state index contributed by atoms with van der Waals surface area (Å²) in [5, 5.41) is 9.29. The molecule has 0 spiro atoms. The fourth-order valence-corrected chi connectivity index (χ4v) is 1.39. The highest BCUT2D eigenvalue weighted by Crippen LogP contribution is 2.20. The molecule has 1 amide bonds. The molecule has 0 saturated carbocycles. The van der Waals surface area contributed by atoms with Crippen LogP contribution in [0.3, 0.4) is 0 Å². The summed E-state index contributed by atoms with van der Waals surface area (Å²) in [6, 6.07) is 8.42. The third-order valence-corrected chi connectivity index (χ3v) is 2.29. The second kappa shape index (κ2) is 4.24. The number of amides is 1. The van der Waals surface area contributed by atoms with E-state index in [9.17, 15) is 4.79 Å². The number of aromatic amines is 1. The largest absolute Gasteiger partial charge is 0.382 e. The number of nitrogens with zero attached hydrogens (tertiary/aromatic N) is 1. The number of carbonyl (C=O) groups is 1. The second-order valence-corrected chi connectivity index (χ2v) is 3.55. The van der Waals surface area contributed by atoms with Gasteiger partial charge in [-0.2, -0.15) is 5.10 Å². The predicted molar refractivity (Wildman–Crippen MR) is 62.4 cm³/mol. The molecule has 4 N–H and O–H groups in total. The van der Waals surface area contributed by atoms with Gasteiger partial charge in [-0.25, -0.2) is 0 Å². The summed E-state index contributed by atoms with van der Waals surface area (Å²) in [5.74, 6) is -0.0680. The number of hydrogen-bond acceptors (Lipinski definition) is 3. The van der Waals surface area contributed by atoms with Gasteiger partial charge in [0.15, 0.2) is 0 Å². The monoisotopic (exact) mass is 236 g/mol. The molecular weight excluding hydrogens is 228 g/mol. The Balaban J connectivity index is 2.17. The smallest absolute Gasteiger partial charge is 0.273 e. The Morgan fingerprint density at radius 3 is 2.81 bits per heavy atom. The van der Waals surface area contributed by atoms with Gasteiger partial charge in [-0.1, -0.05) is 23.7 Å². The molecule has 2 rings (SSSR count). The minimum Gasteiger partial charge on any atom is -0.382 e. The Bertz CT molecular complexity index is 523. The maximum absolute atomic E-state index is 11.7. The number of nitrogen functional groups attached to an aromatic ring is 1. The Kier molecular flexibility index (Phi) is 2.78. The maximum Gasteiger partial charge on any atom is 0.273 e. The zero-order valence-electron chi connectivity index (χ0n) is 8.20. The van der Waals surface area contributed by atoms with Crippen LogP contribution in [0.15, 0.2) is 30.3 Å². The van der Waals surface area contributed by atoms with Crippen molar-refractivity contribution in [1.29, 1.82) is 0 Å². The van der Waals surface area contributed by atoms with Gasteiger partial charge in [-0.15, -0.1) is 0 Å². The van der Waals surface area contributed by atoms with E-state index in [2.05, 4.69) is 15.5 Å². The van der Waals surface area contributed by atoms with Crippen LogP contribution in [0.1, 0.15) is 10.5 Å². The van der Waals surface area contributed by atoms with Gasteiger partial charge < -0.3 is 11.1 Å². The molecule has 1 heterocycles. The van der Waals surface area contributed by atoms with Gasteiger partial charge in [0.2, 0.25) is 0 Å². The molecule has 1 aromatic carbocycles. The van der Waals surface area contributed by atoms with E-state index >= 15 is 0 Å². The average Bonchev–Trinajstić information content (AvgIpc) is 2.68. The van der Waals surface area contributed by atoms with Crippen LogP contribution >= 0.6 is 11.6 Å². The lowest BCUT2D eigenvalue weighted by molar-refractivity contribution is 0.102. The summed E-state index contributed by atoms with van der Waals surface area (Å²) < 4.78 is 0. The van der Waals surface area contributed by atoms with Crippen LogP contribution in [0.2, 0.25) is 5.02 Å². The molecule has 0 bridgehead atoms. The number of rotatable bonds is 2. The van der Waals surface area contributed by atoms with Crippen LogP contribution in [0, 0.1) is 0 Å². The summed E-state index contributed by atoms with van der Waals surface area (Å²) in [5.41, 5.74) is 6.22. The third-order valence-electron chi connectivity index (χ3n) is 1.96. The third kappa shape index (κ3) is 2.14. The quantitative estimate of drug-likeness (QED) is 0.745. The highest BCUT2D eigenvalue weighted by atomic mass is 35.5. The molecule has 0 atom stereocenters. The van der Waals surface area contributed by atoms with E-state index in [4.69, 9.17) is 17.3 Å². The van der Waals surface area contributed by atoms with Gasteiger partial charge in [-0.3, -0.25) is 9.89 Å². The maximum atomic E-state index is 11.7. The number of anilines is 2. The molecule has 6 heteroatoms. The van der Waals surface area contributed by atoms with E-state index < -0.39 is 0 Å².